The molecule has 0 bridgehead atoms. The van der Waals surface area contributed by atoms with Crippen LogP contribution >= 0.6 is 0 Å². The van der Waals surface area contributed by atoms with Gasteiger partial charge in [0, 0.05) is 12.0 Å². The lowest BCUT2D eigenvalue weighted by Crippen LogP contribution is -2.24. The molecule has 0 unspecified atom stereocenters. The van der Waals surface area contributed by atoms with Crippen molar-refractivity contribution in [3.8, 4) is 11.8 Å². The molecule has 0 spiro atoms. The van der Waals surface area contributed by atoms with E-state index < -0.39 is 24.3 Å². The molecule has 0 saturated carbocycles. The number of halogens is 3. The standard InChI is InChI=1S/C19H15F3O/c1-14-7-5-6-10-17(14)16(13-18(23)19(20,21)22)12-11-15-8-3-2-4-9-15/h2-10,16H,13H2,1H3/t16-/m1/s1. The molecule has 2 rings (SSSR count). The van der Waals surface area contributed by atoms with Gasteiger partial charge in [-0.25, -0.2) is 0 Å². The first-order valence-electron chi connectivity index (χ1n) is 7.10. The van der Waals surface area contributed by atoms with Crippen LogP contribution in [0.3, 0.4) is 0 Å². The van der Waals surface area contributed by atoms with Crippen molar-refractivity contribution in [2.24, 2.45) is 0 Å². The number of benzene rings is 2. The molecule has 0 radical (unpaired) electrons. The summed E-state index contributed by atoms with van der Waals surface area (Å²) >= 11 is 0. The minimum absolute atomic E-state index is 0.647. The molecule has 0 aliphatic heterocycles. The number of alkyl halides is 3. The quantitative estimate of drug-likeness (QED) is 0.753. The van der Waals surface area contributed by atoms with Crippen LogP contribution in [0, 0.1) is 18.8 Å². The highest BCUT2D eigenvalue weighted by molar-refractivity contribution is 5.85. The molecule has 2 aromatic carbocycles. The molecule has 4 heteroatoms. The zero-order valence-electron chi connectivity index (χ0n) is 12.5. The third kappa shape index (κ3) is 4.72. The Kier molecular flexibility index (Phi) is 5.23. The van der Waals surface area contributed by atoms with Crippen LogP contribution in [0.2, 0.25) is 0 Å². The maximum Gasteiger partial charge on any atom is 0.450 e. The molecule has 118 valence electrons. The van der Waals surface area contributed by atoms with Crippen molar-refractivity contribution < 1.29 is 18.0 Å². The minimum Gasteiger partial charge on any atom is -0.290 e. The fraction of sp³-hybridized carbons (Fsp3) is 0.211. The highest BCUT2D eigenvalue weighted by atomic mass is 19.4. The number of rotatable bonds is 3. The fourth-order valence-corrected chi connectivity index (χ4v) is 2.21. The van der Waals surface area contributed by atoms with Crippen LogP contribution in [0.15, 0.2) is 54.6 Å². The molecule has 1 nitrogen and oxygen atoms in total. The smallest absolute Gasteiger partial charge is 0.290 e. The van der Waals surface area contributed by atoms with Gasteiger partial charge in [0.05, 0.1) is 5.92 Å². The summed E-state index contributed by atoms with van der Waals surface area (Å²) in [5, 5.41) is 0. The summed E-state index contributed by atoms with van der Waals surface area (Å²) in [6.07, 6.45) is -5.51. The van der Waals surface area contributed by atoms with Gasteiger partial charge in [0.15, 0.2) is 0 Å². The number of carbonyl (C=O) groups excluding carboxylic acids is 1. The molecular weight excluding hydrogens is 301 g/mol. The van der Waals surface area contributed by atoms with E-state index in [-0.39, 0.29) is 0 Å². The third-order valence-electron chi connectivity index (χ3n) is 3.43. The normalized spacial score (nSPS) is 12.2. The van der Waals surface area contributed by atoms with E-state index in [4.69, 9.17) is 0 Å². The van der Waals surface area contributed by atoms with Crippen LogP contribution in [0.25, 0.3) is 0 Å². The zero-order chi connectivity index (χ0) is 16.9. The number of hydrogen-bond acceptors (Lipinski definition) is 1. The number of aryl methyl sites for hydroxylation is 1. The average molecular weight is 316 g/mol. The Morgan fingerprint density at radius 2 is 1.65 bits per heavy atom. The van der Waals surface area contributed by atoms with E-state index in [9.17, 15) is 18.0 Å². The molecule has 2 aromatic rings. The second kappa shape index (κ2) is 7.15. The maximum atomic E-state index is 12.6. The minimum atomic E-state index is -4.84. The van der Waals surface area contributed by atoms with Gasteiger partial charge in [-0.1, -0.05) is 54.3 Å². The van der Waals surface area contributed by atoms with Gasteiger partial charge in [0.1, 0.15) is 0 Å². The van der Waals surface area contributed by atoms with E-state index in [1.165, 1.54) is 0 Å². The van der Waals surface area contributed by atoms with Crippen molar-refractivity contribution in [3.63, 3.8) is 0 Å². The van der Waals surface area contributed by atoms with Crippen LogP contribution < -0.4 is 0 Å². The molecule has 0 aromatic heterocycles. The summed E-state index contributed by atoms with van der Waals surface area (Å²) in [5.41, 5.74) is 2.16. The van der Waals surface area contributed by atoms with Gasteiger partial charge in [0.25, 0.3) is 0 Å². The van der Waals surface area contributed by atoms with Crippen molar-refractivity contribution in [1.82, 2.24) is 0 Å². The molecule has 0 aliphatic carbocycles. The van der Waals surface area contributed by atoms with E-state index in [0.717, 1.165) is 5.56 Å². The van der Waals surface area contributed by atoms with E-state index in [1.807, 2.05) is 6.07 Å². The molecule has 1 atom stereocenters. The first-order valence-corrected chi connectivity index (χ1v) is 7.10. The van der Waals surface area contributed by atoms with Crippen LogP contribution in [0.4, 0.5) is 13.2 Å². The summed E-state index contributed by atoms with van der Waals surface area (Å²) in [7, 11) is 0. The topological polar surface area (TPSA) is 17.1 Å². The van der Waals surface area contributed by atoms with E-state index in [1.54, 1.807) is 55.5 Å². The van der Waals surface area contributed by atoms with Gasteiger partial charge < -0.3 is 0 Å². The molecule has 0 saturated heterocycles. The third-order valence-corrected chi connectivity index (χ3v) is 3.43. The van der Waals surface area contributed by atoms with Gasteiger partial charge in [0.2, 0.25) is 5.78 Å². The summed E-state index contributed by atoms with van der Waals surface area (Å²) in [5.74, 6) is 3.14. The van der Waals surface area contributed by atoms with Crippen molar-refractivity contribution in [3.05, 3.63) is 71.3 Å². The van der Waals surface area contributed by atoms with Crippen LogP contribution in [0.5, 0.6) is 0 Å². The highest BCUT2D eigenvalue weighted by Crippen LogP contribution is 2.27. The summed E-state index contributed by atoms with van der Waals surface area (Å²) in [6.45, 7) is 1.80. The maximum absolute atomic E-state index is 12.6. The van der Waals surface area contributed by atoms with E-state index >= 15 is 0 Å². The van der Waals surface area contributed by atoms with Gasteiger partial charge in [-0.05, 0) is 30.2 Å². The molecule has 0 N–H and O–H groups in total. The summed E-state index contributed by atoms with van der Waals surface area (Å²) in [4.78, 5) is 11.4. The Bertz CT molecular complexity index is 736. The lowest BCUT2D eigenvalue weighted by Gasteiger charge is -2.14. The number of hydrogen-bond donors (Lipinski definition) is 0. The predicted molar refractivity (Wildman–Crippen MR) is 82.9 cm³/mol. The van der Waals surface area contributed by atoms with E-state index in [0.29, 0.717) is 11.1 Å². The lowest BCUT2D eigenvalue weighted by molar-refractivity contribution is -0.171. The van der Waals surface area contributed by atoms with Crippen molar-refractivity contribution >= 4 is 5.78 Å². The number of ketones is 1. The Balaban J connectivity index is 2.35. The number of carbonyl (C=O) groups is 1. The monoisotopic (exact) mass is 316 g/mol. The SMILES string of the molecule is Cc1ccccc1[C@H](C#Cc1ccccc1)CC(=O)C(F)(F)F. The van der Waals surface area contributed by atoms with Crippen LogP contribution in [-0.4, -0.2) is 12.0 Å². The van der Waals surface area contributed by atoms with Crippen molar-refractivity contribution in [2.75, 3.05) is 0 Å². The second-order valence-corrected chi connectivity index (χ2v) is 5.17. The Hall–Kier alpha value is -2.54. The Labute approximate surface area is 133 Å². The van der Waals surface area contributed by atoms with Gasteiger partial charge in [-0.3, -0.25) is 4.79 Å². The fourth-order valence-electron chi connectivity index (χ4n) is 2.21. The lowest BCUT2D eigenvalue weighted by atomic mass is 9.90. The largest absolute Gasteiger partial charge is 0.450 e. The first-order chi connectivity index (χ1) is 10.9. The van der Waals surface area contributed by atoms with Crippen LogP contribution in [0.1, 0.15) is 29.0 Å². The van der Waals surface area contributed by atoms with Gasteiger partial charge in [-0.2, -0.15) is 13.2 Å². The molecular formula is C19H15F3O. The molecule has 0 fully saturated rings. The van der Waals surface area contributed by atoms with Crippen molar-refractivity contribution in [1.29, 1.82) is 0 Å². The summed E-state index contributed by atoms with van der Waals surface area (Å²) < 4.78 is 37.8. The van der Waals surface area contributed by atoms with Gasteiger partial charge in [-0.15, -0.1) is 0 Å². The van der Waals surface area contributed by atoms with Crippen molar-refractivity contribution in [2.45, 2.75) is 25.4 Å². The Morgan fingerprint density at radius 3 is 2.26 bits per heavy atom. The highest BCUT2D eigenvalue weighted by Gasteiger charge is 2.39. The summed E-state index contributed by atoms with van der Waals surface area (Å²) in [6, 6.07) is 16.0. The number of Topliss-reactive ketones (excluding diaryl/α,β-unsaturated/α-hetero) is 1. The second-order valence-electron chi connectivity index (χ2n) is 5.17. The predicted octanol–water partition coefficient (Wildman–Crippen LogP) is 4.65. The molecule has 0 amide bonds. The molecule has 0 aliphatic rings. The van der Waals surface area contributed by atoms with Crippen LogP contribution in [-0.2, 0) is 4.79 Å². The zero-order valence-corrected chi connectivity index (χ0v) is 12.5. The average Bonchev–Trinajstić information content (AvgIpc) is 2.52. The van der Waals surface area contributed by atoms with E-state index in [2.05, 4.69) is 11.8 Å². The Morgan fingerprint density at radius 1 is 1.04 bits per heavy atom. The molecule has 0 heterocycles. The first kappa shape index (κ1) is 16.8. The van der Waals surface area contributed by atoms with Gasteiger partial charge >= 0.3 is 6.18 Å². The molecule has 23 heavy (non-hydrogen) atoms.